The quantitative estimate of drug-likeness (QED) is 0.859. The Morgan fingerprint density at radius 3 is 2.22 bits per heavy atom. The van der Waals surface area contributed by atoms with Gasteiger partial charge in [0.05, 0.1) is 0 Å². The molecule has 2 nitrogen and oxygen atoms in total. The van der Waals surface area contributed by atoms with Crippen LogP contribution in [0.2, 0.25) is 0 Å². The van der Waals surface area contributed by atoms with E-state index in [-0.39, 0.29) is 0 Å². The molecule has 1 aliphatic heterocycles. The summed E-state index contributed by atoms with van der Waals surface area (Å²) in [5.41, 5.74) is 2.89. The second kappa shape index (κ2) is 6.91. The van der Waals surface area contributed by atoms with Gasteiger partial charge < -0.3 is 5.32 Å². The Morgan fingerprint density at radius 2 is 1.67 bits per heavy atom. The predicted molar refractivity (Wildman–Crippen MR) is 77.8 cm³/mol. The summed E-state index contributed by atoms with van der Waals surface area (Å²) in [6, 6.07) is 9.85. The van der Waals surface area contributed by atoms with E-state index in [1.807, 2.05) is 0 Å². The molecule has 1 heterocycles. The summed E-state index contributed by atoms with van der Waals surface area (Å²) in [5, 5.41) is 3.56. The molecule has 2 heteroatoms. The first-order valence-corrected chi connectivity index (χ1v) is 7.35. The van der Waals surface area contributed by atoms with Gasteiger partial charge in [0.1, 0.15) is 0 Å². The highest BCUT2D eigenvalue weighted by Crippen LogP contribution is 2.14. The maximum absolute atomic E-state index is 3.56. The number of piperidine rings is 1. The Hall–Kier alpha value is -0.860. The molecular formula is C16H26N2. The van der Waals surface area contributed by atoms with Crippen LogP contribution in [-0.4, -0.2) is 30.6 Å². The van der Waals surface area contributed by atoms with Crippen molar-refractivity contribution in [3.8, 4) is 0 Å². The standard InChI is InChI=1S/C16H26N2/c1-3-14-5-7-15(8-6-14)13-18-11-9-16(10-12-18)17-4-2/h5-8,16-17H,3-4,9-13H2,1-2H3. The van der Waals surface area contributed by atoms with Gasteiger partial charge in [-0.1, -0.05) is 38.1 Å². The highest BCUT2D eigenvalue weighted by molar-refractivity contribution is 5.22. The third-order valence-corrected chi connectivity index (χ3v) is 3.92. The Bertz CT molecular complexity index is 337. The molecule has 18 heavy (non-hydrogen) atoms. The summed E-state index contributed by atoms with van der Waals surface area (Å²) in [4.78, 5) is 2.58. The Balaban J connectivity index is 1.80. The van der Waals surface area contributed by atoms with Crippen LogP contribution in [0.15, 0.2) is 24.3 Å². The minimum absolute atomic E-state index is 0.744. The third-order valence-electron chi connectivity index (χ3n) is 3.92. The predicted octanol–water partition coefficient (Wildman–Crippen LogP) is 2.82. The van der Waals surface area contributed by atoms with Crippen LogP contribution in [-0.2, 0) is 13.0 Å². The molecule has 0 amide bonds. The highest BCUT2D eigenvalue weighted by atomic mass is 15.1. The van der Waals surface area contributed by atoms with Crippen molar-refractivity contribution in [3.63, 3.8) is 0 Å². The molecule has 0 bridgehead atoms. The Morgan fingerprint density at radius 1 is 1.06 bits per heavy atom. The van der Waals surface area contributed by atoms with E-state index in [4.69, 9.17) is 0 Å². The lowest BCUT2D eigenvalue weighted by Gasteiger charge is -2.32. The summed E-state index contributed by atoms with van der Waals surface area (Å²) in [6.45, 7) is 9.08. The summed E-state index contributed by atoms with van der Waals surface area (Å²) in [7, 11) is 0. The minimum Gasteiger partial charge on any atom is -0.314 e. The lowest BCUT2D eigenvalue weighted by Crippen LogP contribution is -2.42. The molecule has 0 aromatic heterocycles. The lowest BCUT2D eigenvalue weighted by molar-refractivity contribution is 0.192. The normalized spacial score (nSPS) is 18.1. The van der Waals surface area contributed by atoms with Crippen molar-refractivity contribution in [2.24, 2.45) is 0 Å². The fraction of sp³-hybridized carbons (Fsp3) is 0.625. The van der Waals surface area contributed by atoms with Gasteiger partial charge in [-0.25, -0.2) is 0 Å². The molecule has 1 N–H and O–H groups in total. The fourth-order valence-corrected chi connectivity index (χ4v) is 2.72. The largest absolute Gasteiger partial charge is 0.314 e. The van der Waals surface area contributed by atoms with Crippen molar-refractivity contribution >= 4 is 0 Å². The molecule has 1 saturated heterocycles. The second-order valence-electron chi connectivity index (χ2n) is 5.28. The van der Waals surface area contributed by atoms with E-state index in [0.717, 1.165) is 25.6 Å². The molecule has 0 saturated carbocycles. The zero-order valence-electron chi connectivity index (χ0n) is 11.8. The third kappa shape index (κ3) is 3.82. The lowest BCUT2D eigenvalue weighted by atomic mass is 10.0. The van der Waals surface area contributed by atoms with Gasteiger partial charge in [0, 0.05) is 12.6 Å². The first-order chi connectivity index (χ1) is 8.81. The average Bonchev–Trinajstić information content (AvgIpc) is 2.42. The van der Waals surface area contributed by atoms with Gasteiger partial charge in [-0.3, -0.25) is 4.90 Å². The molecule has 2 rings (SSSR count). The molecule has 1 aliphatic rings. The highest BCUT2D eigenvalue weighted by Gasteiger charge is 2.17. The Kier molecular flexibility index (Phi) is 5.21. The SMILES string of the molecule is CCNC1CCN(Cc2ccc(CC)cc2)CC1. The number of hydrogen-bond acceptors (Lipinski definition) is 2. The molecule has 100 valence electrons. The van der Waals surface area contributed by atoms with Gasteiger partial charge in [-0.15, -0.1) is 0 Å². The number of nitrogens with one attached hydrogen (secondary N) is 1. The summed E-state index contributed by atoms with van der Waals surface area (Å²) < 4.78 is 0. The second-order valence-corrected chi connectivity index (χ2v) is 5.28. The van der Waals surface area contributed by atoms with Crippen molar-refractivity contribution in [3.05, 3.63) is 35.4 Å². The van der Waals surface area contributed by atoms with Crippen LogP contribution in [0.4, 0.5) is 0 Å². The maximum atomic E-state index is 3.56. The molecule has 0 spiro atoms. The molecule has 0 atom stereocenters. The van der Waals surface area contributed by atoms with E-state index in [0.29, 0.717) is 0 Å². The zero-order valence-corrected chi connectivity index (χ0v) is 11.8. The fourth-order valence-electron chi connectivity index (χ4n) is 2.72. The topological polar surface area (TPSA) is 15.3 Å². The monoisotopic (exact) mass is 246 g/mol. The van der Waals surface area contributed by atoms with Crippen molar-refractivity contribution in [2.75, 3.05) is 19.6 Å². The van der Waals surface area contributed by atoms with E-state index in [9.17, 15) is 0 Å². The first kappa shape index (κ1) is 13.6. The number of aryl methyl sites for hydroxylation is 1. The van der Waals surface area contributed by atoms with Gasteiger partial charge in [0.2, 0.25) is 0 Å². The van der Waals surface area contributed by atoms with Crippen LogP contribution in [0, 0.1) is 0 Å². The number of hydrogen-bond donors (Lipinski definition) is 1. The van der Waals surface area contributed by atoms with E-state index < -0.39 is 0 Å². The number of nitrogens with zero attached hydrogens (tertiary/aromatic N) is 1. The van der Waals surface area contributed by atoms with Crippen LogP contribution in [0.5, 0.6) is 0 Å². The average molecular weight is 246 g/mol. The van der Waals surface area contributed by atoms with Crippen LogP contribution in [0.3, 0.4) is 0 Å². The van der Waals surface area contributed by atoms with Gasteiger partial charge in [-0.2, -0.15) is 0 Å². The minimum atomic E-state index is 0.744. The van der Waals surface area contributed by atoms with Gasteiger partial charge in [0.25, 0.3) is 0 Å². The summed E-state index contributed by atoms with van der Waals surface area (Å²) >= 11 is 0. The smallest absolute Gasteiger partial charge is 0.0233 e. The van der Waals surface area contributed by atoms with Gasteiger partial charge >= 0.3 is 0 Å². The van der Waals surface area contributed by atoms with E-state index in [1.54, 1.807) is 0 Å². The van der Waals surface area contributed by atoms with Crippen molar-refractivity contribution in [1.82, 2.24) is 10.2 Å². The molecular weight excluding hydrogens is 220 g/mol. The Labute approximate surface area is 111 Å². The van der Waals surface area contributed by atoms with E-state index in [1.165, 1.54) is 37.1 Å². The zero-order chi connectivity index (χ0) is 12.8. The van der Waals surface area contributed by atoms with Crippen molar-refractivity contribution in [2.45, 2.75) is 45.7 Å². The molecule has 1 fully saturated rings. The van der Waals surface area contributed by atoms with Crippen LogP contribution < -0.4 is 5.32 Å². The van der Waals surface area contributed by atoms with Crippen molar-refractivity contribution < 1.29 is 0 Å². The van der Waals surface area contributed by atoms with Crippen LogP contribution in [0.25, 0.3) is 0 Å². The molecule has 0 aliphatic carbocycles. The first-order valence-electron chi connectivity index (χ1n) is 7.35. The van der Waals surface area contributed by atoms with Crippen LogP contribution >= 0.6 is 0 Å². The number of benzene rings is 1. The number of rotatable bonds is 5. The molecule has 0 unspecified atom stereocenters. The molecule has 1 aromatic carbocycles. The maximum Gasteiger partial charge on any atom is 0.0233 e. The molecule has 0 radical (unpaired) electrons. The number of likely N-dealkylation sites (tertiary alicyclic amines) is 1. The van der Waals surface area contributed by atoms with Gasteiger partial charge in [-0.05, 0) is 50.0 Å². The summed E-state index contributed by atoms with van der Waals surface area (Å²) in [6.07, 6.45) is 3.72. The molecule has 1 aromatic rings. The van der Waals surface area contributed by atoms with E-state index >= 15 is 0 Å². The van der Waals surface area contributed by atoms with Crippen molar-refractivity contribution in [1.29, 1.82) is 0 Å². The summed E-state index contributed by atoms with van der Waals surface area (Å²) in [5.74, 6) is 0. The van der Waals surface area contributed by atoms with Crippen LogP contribution in [0.1, 0.15) is 37.8 Å². The van der Waals surface area contributed by atoms with Gasteiger partial charge in [0.15, 0.2) is 0 Å². The van der Waals surface area contributed by atoms with E-state index in [2.05, 4.69) is 48.3 Å².